The molecule has 2 aliphatic heterocycles. The molecule has 0 saturated carbocycles. The van der Waals surface area contributed by atoms with Gasteiger partial charge in [-0.2, -0.15) is 0 Å². The monoisotopic (exact) mass is 269 g/mol. The second kappa shape index (κ2) is 6.86. The maximum absolute atomic E-state index is 12.1. The number of nitrogens with zero attached hydrogens (tertiary/aromatic N) is 1. The molecule has 2 heterocycles. The average molecular weight is 269 g/mol. The fourth-order valence-electron chi connectivity index (χ4n) is 2.76. The smallest absolute Gasteiger partial charge is 0.249 e. The molecule has 0 aromatic heterocycles. The van der Waals surface area contributed by atoms with Crippen LogP contribution < -0.4 is 11.1 Å². The highest BCUT2D eigenvalue weighted by molar-refractivity contribution is 5.87. The highest BCUT2D eigenvalue weighted by Gasteiger charge is 2.30. The van der Waals surface area contributed by atoms with Crippen molar-refractivity contribution in [1.82, 2.24) is 10.2 Å². The zero-order valence-electron chi connectivity index (χ0n) is 11.3. The lowest BCUT2D eigenvalue weighted by Gasteiger charge is -2.34. The van der Waals surface area contributed by atoms with Crippen LogP contribution in [0.2, 0.25) is 0 Å². The maximum Gasteiger partial charge on any atom is 0.249 e. The van der Waals surface area contributed by atoms with Crippen LogP contribution in [0, 0.1) is 0 Å². The number of likely N-dealkylation sites (tertiary alicyclic amines) is 1. The molecule has 108 valence electrons. The van der Waals surface area contributed by atoms with E-state index in [1.165, 1.54) is 0 Å². The van der Waals surface area contributed by atoms with Crippen molar-refractivity contribution in [2.24, 2.45) is 5.73 Å². The Balaban J connectivity index is 1.81. The van der Waals surface area contributed by atoms with E-state index in [1.807, 2.05) is 0 Å². The minimum Gasteiger partial charge on any atom is -0.368 e. The molecule has 0 radical (unpaired) electrons. The van der Waals surface area contributed by atoms with E-state index in [1.54, 1.807) is 4.90 Å². The van der Waals surface area contributed by atoms with E-state index >= 15 is 0 Å². The van der Waals surface area contributed by atoms with Crippen LogP contribution in [-0.4, -0.2) is 55.1 Å². The van der Waals surface area contributed by atoms with Crippen molar-refractivity contribution in [2.75, 3.05) is 26.2 Å². The van der Waals surface area contributed by atoms with Crippen LogP contribution in [0.25, 0.3) is 0 Å². The Morgan fingerprint density at radius 3 is 2.63 bits per heavy atom. The van der Waals surface area contributed by atoms with Crippen molar-refractivity contribution < 1.29 is 14.3 Å². The Labute approximate surface area is 113 Å². The summed E-state index contributed by atoms with van der Waals surface area (Å²) in [4.78, 5) is 25.1. The maximum atomic E-state index is 12.1. The molecule has 19 heavy (non-hydrogen) atoms. The summed E-state index contributed by atoms with van der Waals surface area (Å²) in [7, 11) is 0. The van der Waals surface area contributed by atoms with Gasteiger partial charge in [-0.3, -0.25) is 9.59 Å². The third-order valence-corrected chi connectivity index (χ3v) is 3.88. The van der Waals surface area contributed by atoms with Gasteiger partial charge >= 0.3 is 0 Å². The first-order valence-corrected chi connectivity index (χ1v) is 7.09. The van der Waals surface area contributed by atoms with E-state index in [9.17, 15) is 9.59 Å². The van der Waals surface area contributed by atoms with Crippen LogP contribution in [0.3, 0.4) is 0 Å². The summed E-state index contributed by atoms with van der Waals surface area (Å²) >= 11 is 0. The minimum absolute atomic E-state index is 0.0639. The Bertz CT molecular complexity index is 329. The summed E-state index contributed by atoms with van der Waals surface area (Å²) in [5, 5.41) is 3.25. The molecular weight excluding hydrogens is 246 g/mol. The van der Waals surface area contributed by atoms with Crippen LogP contribution >= 0.6 is 0 Å². The highest BCUT2D eigenvalue weighted by atomic mass is 16.5. The molecule has 1 unspecified atom stereocenters. The standard InChI is InChI=1S/C13H23N3O3/c14-13(18)11-3-1-2-8-16(11)12(17)9-19-10-4-6-15-7-5-10/h10-11,15H,1-9H2,(H2,14,18). The van der Waals surface area contributed by atoms with Gasteiger partial charge in [0, 0.05) is 6.54 Å². The number of nitrogens with two attached hydrogens (primary N) is 1. The van der Waals surface area contributed by atoms with Crippen LogP contribution in [0.5, 0.6) is 0 Å². The van der Waals surface area contributed by atoms with Crippen molar-refractivity contribution >= 4 is 11.8 Å². The molecule has 6 heteroatoms. The number of nitrogens with one attached hydrogen (secondary N) is 1. The summed E-state index contributed by atoms with van der Waals surface area (Å²) < 4.78 is 5.64. The van der Waals surface area contributed by atoms with E-state index in [2.05, 4.69) is 5.32 Å². The molecule has 2 fully saturated rings. The molecule has 0 aliphatic carbocycles. The predicted molar refractivity (Wildman–Crippen MR) is 70.4 cm³/mol. The Kier molecular flexibility index (Phi) is 5.15. The summed E-state index contributed by atoms with van der Waals surface area (Å²) in [6.07, 6.45) is 4.59. The number of ether oxygens (including phenoxy) is 1. The summed E-state index contributed by atoms with van der Waals surface area (Å²) in [5.41, 5.74) is 5.35. The van der Waals surface area contributed by atoms with Crippen molar-refractivity contribution in [1.29, 1.82) is 0 Å². The second-order valence-corrected chi connectivity index (χ2v) is 5.26. The number of amides is 2. The van der Waals surface area contributed by atoms with Gasteiger partial charge in [-0.05, 0) is 45.2 Å². The fourth-order valence-corrected chi connectivity index (χ4v) is 2.76. The van der Waals surface area contributed by atoms with E-state index in [-0.39, 0.29) is 18.6 Å². The zero-order chi connectivity index (χ0) is 13.7. The van der Waals surface area contributed by atoms with Gasteiger partial charge in [-0.15, -0.1) is 0 Å². The molecule has 2 saturated heterocycles. The fraction of sp³-hybridized carbons (Fsp3) is 0.846. The van der Waals surface area contributed by atoms with E-state index < -0.39 is 11.9 Å². The van der Waals surface area contributed by atoms with Gasteiger partial charge in [-0.25, -0.2) is 0 Å². The summed E-state index contributed by atoms with van der Waals surface area (Å²) in [6, 6.07) is -0.446. The lowest BCUT2D eigenvalue weighted by molar-refractivity contribution is -0.146. The van der Waals surface area contributed by atoms with Gasteiger partial charge in [0.25, 0.3) is 0 Å². The van der Waals surface area contributed by atoms with Crippen molar-refractivity contribution in [3.63, 3.8) is 0 Å². The molecule has 3 N–H and O–H groups in total. The van der Waals surface area contributed by atoms with Crippen LogP contribution in [0.4, 0.5) is 0 Å². The van der Waals surface area contributed by atoms with Crippen molar-refractivity contribution in [3.8, 4) is 0 Å². The highest BCUT2D eigenvalue weighted by Crippen LogP contribution is 2.17. The molecule has 6 nitrogen and oxygen atoms in total. The lowest BCUT2D eigenvalue weighted by Crippen LogP contribution is -2.51. The Morgan fingerprint density at radius 2 is 1.95 bits per heavy atom. The number of primary amides is 1. The quantitative estimate of drug-likeness (QED) is 0.728. The predicted octanol–water partition coefficient (Wildman–Crippen LogP) is -0.379. The van der Waals surface area contributed by atoms with E-state index in [0.29, 0.717) is 13.0 Å². The first-order chi connectivity index (χ1) is 9.18. The first kappa shape index (κ1) is 14.3. The summed E-state index contributed by atoms with van der Waals surface area (Å²) in [6.45, 7) is 2.55. The molecule has 0 aromatic rings. The van der Waals surface area contributed by atoms with Gasteiger partial charge < -0.3 is 20.7 Å². The number of carbonyl (C=O) groups is 2. The Hall–Kier alpha value is -1.14. The van der Waals surface area contributed by atoms with Crippen molar-refractivity contribution in [3.05, 3.63) is 0 Å². The lowest BCUT2D eigenvalue weighted by atomic mass is 10.0. The second-order valence-electron chi connectivity index (χ2n) is 5.26. The van der Waals surface area contributed by atoms with Gasteiger partial charge in [0.1, 0.15) is 12.6 Å². The largest absolute Gasteiger partial charge is 0.368 e. The number of piperidine rings is 2. The van der Waals surface area contributed by atoms with Crippen LogP contribution in [-0.2, 0) is 14.3 Å². The van der Waals surface area contributed by atoms with Crippen molar-refractivity contribution in [2.45, 2.75) is 44.2 Å². The number of hydrogen-bond donors (Lipinski definition) is 2. The van der Waals surface area contributed by atoms with Crippen LogP contribution in [0.15, 0.2) is 0 Å². The zero-order valence-corrected chi connectivity index (χ0v) is 11.3. The van der Waals surface area contributed by atoms with E-state index in [0.717, 1.165) is 38.8 Å². The molecule has 0 spiro atoms. The molecule has 2 rings (SSSR count). The third-order valence-electron chi connectivity index (χ3n) is 3.88. The molecule has 0 aromatic carbocycles. The first-order valence-electron chi connectivity index (χ1n) is 7.09. The SMILES string of the molecule is NC(=O)C1CCCCN1C(=O)COC1CCNCC1. The number of rotatable bonds is 4. The van der Waals surface area contributed by atoms with Gasteiger partial charge in [0.05, 0.1) is 6.10 Å². The van der Waals surface area contributed by atoms with Gasteiger partial charge in [-0.1, -0.05) is 0 Å². The molecular formula is C13H23N3O3. The molecule has 1 atom stereocenters. The number of carbonyl (C=O) groups excluding carboxylic acids is 2. The topological polar surface area (TPSA) is 84.7 Å². The normalized spacial score (nSPS) is 25.3. The summed E-state index contributed by atoms with van der Waals surface area (Å²) in [5.74, 6) is -0.517. The molecule has 2 aliphatic rings. The van der Waals surface area contributed by atoms with Gasteiger partial charge in [0.2, 0.25) is 11.8 Å². The molecule has 2 amide bonds. The Morgan fingerprint density at radius 1 is 1.21 bits per heavy atom. The molecule has 0 bridgehead atoms. The van der Waals surface area contributed by atoms with Crippen LogP contribution in [0.1, 0.15) is 32.1 Å². The minimum atomic E-state index is -0.446. The average Bonchev–Trinajstić information content (AvgIpc) is 2.46. The van der Waals surface area contributed by atoms with E-state index in [4.69, 9.17) is 10.5 Å². The van der Waals surface area contributed by atoms with Gasteiger partial charge in [0.15, 0.2) is 0 Å². The number of hydrogen-bond acceptors (Lipinski definition) is 4. The third kappa shape index (κ3) is 3.91.